The number of hydrogen-bond donors (Lipinski definition) is 1. The zero-order valence-corrected chi connectivity index (χ0v) is 15.0. The van der Waals surface area contributed by atoms with E-state index in [4.69, 9.17) is 4.74 Å². The number of anilines is 1. The lowest BCUT2D eigenvalue weighted by molar-refractivity contribution is -0.117. The second-order valence-corrected chi connectivity index (χ2v) is 7.48. The van der Waals surface area contributed by atoms with Gasteiger partial charge < -0.3 is 10.1 Å². The molecule has 0 bridgehead atoms. The maximum Gasteiger partial charge on any atom is 0.341 e. The van der Waals surface area contributed by atoms with Gasteiger partial charge in [-0.3, -0.25) is 4.79 Å². The molecule has 3 rings (SSSR count). The molecule has 1 aromatic heterocycles. The monoisotopic (exact) mass is 343 g/mol. The van der Waals surface area contributed by atoms with Crippen molar-refractivity contribution in [3.8, 4) is 0 Å². The van der Waals surface area contributed by atoms with E-state index in [2.05, 4.69) is 5.32 Å². The molecule has 0 unspecified atom stereocenters. The Labute approximate surface area is 145 Å². The van der Waals surface area contributed by atoms with E-state index in [0.717, 1.165) is 34.4 Å². The predicted molar refractivity (Wildman–Crippen MR) is 95.4 cm³/mol. The van der Waals surface area contributed by atoms with Crippen LogP contribution in [0.4, 0.5) is 5.00 Å². The summed E-state index contributed by atoms with van der Waals surface area (Å²) in [6.07, 6.45) is 1.87. The van der Waals surface area contributed by atoms with Crippen LogP contribution in [0.25, 0.3) is 0 Å². The molecule has 1 aliphatic rings. The van der Waals surface area contributed by atoms with Crippen molar-refractivity contribution in [2.24, 2.45) is 5.92 Å². The number of aryl methyl sites for hydroxylation is 2. The Morgan fingerprint density at radius 1 is 1.21 bits per heavy atom. The Morgan fingerprint density at radius 3 is 2.58 bits per heavy atom. The normalized spacial score (nSPS) is 13.6. The Morgan fingerprint density at radius 2 is 1.92 bits per heavy atom. The fourth-order valence-electron chi connectivity index (χ4n) is 2.51. The van der Waals surface area contributed by atoms with E-state index in [0.29, 0.717) is 10.6 Å². The minimum absolute atomic E-state index is 0.00389. The molecule has 1 heterocycles. The summed E-state index contributed by atoms with van der Waals surface area (Å²) in [7, 11) is 0. The van der Waals surface area contributed by atoms with Crippen molar-refractivity contribution in [3.05, 3.63) is 51.4 Å². The molecule has 2 aromatic rings. The lowest BCUT2D eigenvalue weighted by Crippen LogP contribution is -2.16. The highest BCUT2D eigenvalue weighted by molar-refractivity contribution is 7.16. The molecule has 1 saturated carbocycles. The van der Waals surface area contributed by atoms with Crippen molar-refractivity contribution in [2.45, 2.75) is 40.2 Å². The number of esters is 1. The molecule has 0 radical (unpaired) electrons. The van der Waals surface area contributed by atoms with Crippen molar-refractivity contribution in [1.29, 1.82) is 0 Å². The van der Waals surface area contributed by atoms with Crippen LogP contribution in [0, 0.1) is 26.7 Å². The largest absolute Gasteiger partial charge is 0.457 e. The second-order valence-electron chi connectivity index (χ2n) is 6.25. The third kappa shape index (κ3) is 3.51. The van der Waals surface area contributed by atoms with Crippen LogP contribution >= 0.6 is 11.3 Å². The average molecular weight is 343 g/mol. The molecule has 1 amide bonds. The standard InChI is InChI=1S/C19H21NO3S/c1-11-6-4-5-7-15(11)10-23-19(22)16-12(2)13(3)24-18(16)20-17(21)14-8-9-14/h4-7,14H,8-10H2,1-3H3,(H,20,21). The summed E-state index contributed by atoms with van der Waals surface area (Å²) >= 11 is 1.43. The SMILES string of the molecule is Cc1ccccc1COC(=O)c1c(NC(=O)C2CC2)sc(C)c1C. The van der Waals surface area contributed by atoms with Gasteiger partial charge in [0, 0.05) is 10.8 Å². The lowest BCUT2D eigenvalue weighted by Gasteiger charge is -2.09. The van der Waals surface area contributed by atoms with E-state index in [1.54, 1.807) is 0 Å². The number of hydrogen-bond acceptors (Lipinski definition) is 4. The summed E-state index contributed by atoms with van der Waals surface area (Å²) < 4.78 is 5.50. The van der Waals surface area contributed by atoms with Crippen molar-refractivity contribution < 1.29 is 14.3 Å². The van der Waals surface area contributed by atoms with Gasteiger partial charge in [-0.05, 0) is 50.3 Å². The number of thiophene rings is 1. The highest BCUT2D eigenvalue weighted by Crippen LogP contribution is 2.36. The third-order valence-corrected chi connectivity index (χ3v) is 5.52. The van der Waals surface area contributed by atoms with Crippen LogP contribution in [0.3, 0.4) is 0 Å². The molecule has 126 valence electrons. The van der Waals surface area contributed by atoms with Gasteiger partial charge in [0.25, 0.3) is 0 Å². The maximum atomic E-state index is 12.6. The average Bonchev–Trinajstić information content (AvgIpc) is 3.35. The van der Waals surface area contributed by atoms with Crippen LogP contribution in [0.1, 0.15) is 44.8 Å². The summed E-state index contributed by atoms with van der Waals surface area (Å²) in [6.45, 7) is 6.06. The first-order valence-corrected chi connectivity index (χ1v) is 8.91. The van der Waals surface area contributed by atoms with Crippen LogP contribution in [-0.4, -0.2) is 11.9 Å². The second kappa shape index (κ2) is 6.77. The predicted octanol–water partition coefficient (Wildman–Crippen LogP) is 4.38. The number of benzene rings is 1. The van der Waals surface area contributed by atoms with Gasteiger partial charge >= 0.3 is 5.97 Å². The van der Waals surface area contributed by atoms with Gasteiger partial charge in [-0.1, -0.05) is 24.3 Å². The molecule has 4 nitrogen and oxygen atoms in total. The van der Waals surface area contributed by atoms with Gasteiger partial charge in [-0.15, -0.1) is 11.3 Å². The number of carbonyl (C=O) groups excluding carboxylic acids is 2. The highest BCUT2D eigenvalue weighted by atomic mass is 32.1. The summed E-state index contributed by atoms with van der Waals surface area (Å²) in [4.78, 5) is 25.6. The first-order chi connectivity index (χ1) is 11.5. The molecule has 24 heavy (non-hydrogen) atoms. The molecule has 0 spiro atoms. The zero-order chi connectivity index (χ0) is 17.3. The van der Waals surface area contributed by atoms with Crippen LogP contribution in [0.15, 0.2) is 24.3 Å². The van der Waals surface area contributed by atoms with Crippen LogP contribution < -0.4 is 5.32 Å². The fraction of sp³-hybridized carbons (Fsp3) is 0.368. The molecule has 1 fully saturated rings. The van der Waals surface area contributed by atoms with Crippen LogP contribution in [0.5, 0.6) is 0 Å². The molecule has 0 atom stereocenters. The quantitative estimate of drug-likeness (QED) is 0.820. The Kier molecular flexibility index (Phi) is 4.71. The van der Waals surface area contributed by atoms with Gasteiger partial charge in [0.2, 0.25) is 5.91 Å². The van der Waals surface area contributed by atoms with E-state index in [1.165, 1.54) is 11.3 Å². The van der Waals surface area contributed by atoms with Crippen LogP contribution in [-0.2, 0) is 16.1 Å². The number of carbonyl (C=O) groups is 2. The molecule has 5 heteroatoms. The van der Waals surface area contributed by atoms with Gasteiger partial charge in [-0.2, -0.15) is 0 Å². The lowest BCUT2D eigenvalue weighted by atomic mass is 10.1. The van der Waals surface area contributed by atoms with E-state index in [1.807, 2.05) is 45.0 Å². The molecular formula is C19H21NO3S. The minimum atomic E-state index is -0.383. The molecule has 1 aromatic carbocycles. The molecular weight excluding hydrogens is 322 g/mol. The number of amides is 1. The van der Waals surface area contributed by atoms with E-state index < -0.39 is 0 Å². The van der Waals surface area contributed by atoms with Crippen molar-refractivity contribution >= 4 is 28.2 Å². The number of nitrogens with one attached hydrogen (secondary N) is 1. The van der Waals surface area contributed by atoms with Crippen LogP contribution in [0.2, 0.25) is 0 Å². The molecule has 0 aliphatic heterocycles. The molecule has 1 N–H and O–H groups in total. The third-order valence-electron chi connectivity index (χ3n) is 4.39. The van der Waals surface area contributed by atoms with Crippen molar-refractivity contribution in [2.75, 3.05) is 5.32 Å². The van der Waals surface area contributed by atoms with E-state index >= 15 is 0 Å². The topological polar surface area (TPSA) is 55.4 Å². The summed E-state index contributed by atoms with van der Waals surface area (Å²) in [6, 6.07) is 7.82. The molecule has 1 aliphatic carbocycles. The minimum Gasteiger partial charge on any atom is -0.457 e. The van der Waals surface area contributed by atoms with E-state index in [9.17, 15) is 9.59 Å². The Hall–Kier alpha value is -2.14. The van der Waals surface area contributed by atoms with Crippen molar-refractivity contribution in [3.63, 3.8) is 0 Å². The van der Waals surface area contributed by atoms with Gasteiger partial charge in [0.15, 0.2) is 0 Å². The van der Waals surface area contributed by atoms with Gasteiger partial charge in [-0.25, -0.2) is 4.79 Å². The number of ether oxygens (including phenoxy) is 1. The van der Waals surface area contributed by atoms with Gasteiger partial charge in [0.05, 0.1) is 5.56 Å². The first-order valence-electron chi connectivity index (χ1n) is 8.10. The van der Waals surface area contributed by atoms with Crippen molar-refractivity contribution in [1.82, 2.24) is 0 Å². The summed E-state index contributed by atoms with van der Waals surface area (Å²) in [5, 5.41) is 3.51. The fourth-order valence-corrected chi connectivity index (χ4v) is 3.56. The first kappa shape index (κ1) is 16.7. The molecule has 0 saturated heterocycles. The number of rotatable bonds is 5. The summed E-state index contributed by atoms with van der Waals surface area (Å²) in [5.41, 5.74) is 3.44. The zero-order valence-electron chi connectivity index (χ0n) is 14.1. The maximum absolute atomic E-state index is 12.6. The Balaban J connectivity index is 1.76. The smallest absolute Gasteiger partial charge is 0.341 e. The Bertz CT molecular complexity index is 790. The van der Waals surface area contributed by atoms with Gasteiger partial charge in [0.1, 0.15) is 11.6 Å². The summed E-state index contributed by atoms with van der Waals surface area (Å²) in [5.74, 6) is -0.279. The highest BCUT2D eigenvalue weighted by Gasteiger charge is 2.31. The van der Waals surface area contributed by atoms with E-state index in [-0.39, 0.29) is 24.4 Å².